The molecule has 0 heterocycles. The van der Waals surface area contributed by atoms with Gasteiger partial charge in [-0.2, -0.15) is 0 Å². The van der Waals surface area contributed by atoms with Crippen molar-refractivity contribution in [3.05, 3.63) is 71.3 Å². The van der Waals surface area contributed by atoms with E-state index in [0.29, 0.717) is 18.5 Å². The maximum atomic E-state index is 12.2. The van der Waals surface area contributed by atoms with E-state index in [1.54, 1.807) is 13.0 Å². The van der Waals surface area contributed by atoms with Crippen LogP contribution in [0.2, 0.25) is 0 Å². The largest absolute Gasteiger partial charge is 0.481 e. The molecule has 2 aromatic rings. The average molecular weight is 434 g/mol. The third-order valence-corrected chi connectivity index (χ3v) is 6.12. The molecule has 2 amide bonds. The first-order chi connectivity index (χ1) is 15.5. The van der Waals surface area contributed by atoms with Gasteiger partial charge in [0.15, 0.2) is 0 Å². The molecule has 0 saturated heterocycles. The SMILES string of the molecule is C/C(=C\CNC(=O)OCC1c2ccccc2-c2ccccc21)C(=O)NC[C@@H]1C[C@@H]1C(=O)O. The van der Waals surface area contributed by atoms with Crippen molar-refractivity contribution in [2.24, 2.45) is 11.8 Å². The molecule has 1 fully saturated rings. The molecule has 1 saturated carbocycles. The number of alkyl carbamates (subject to hydrolysis) is 1. The number of nitrogens with one attached hydrogen (secondary N) is 2. The molecular weight excluding hydrogens is 408 g/mol. The van der Waals surface area contributed by atoms with Gasteiger partial charge < -0.3 is 20.5 Å². The lowest BCUT2D eigenvalue weighted by Crippen LogP contribution is -2.29. The summed E-state index contributed by atoms with van der Waals surface area (Å²) in [4.78, 5) is 35.1. The van der Waals surface area contributed by atoms with Crippen LogP contribution in [0.5, 0.6) is 0 Å². The van der Waals surface area contributed by atoms with E-state index < -0.39 is 12.1 Å². The topological polar surface area (TPSA) is 105 Å². The Bertz CT molecular complexity index is 1030. The summed E-state index contributed by atoms with van der Waals surface area (Å²) in [6, 6.07) is 16.3. The number of carboxylic acids is 1. The minimum Gasteiger partial charge on any atom is -0.481 e. The monoisotopic (exact) mass is 434 g/mol. The first kappa shape index (κ1) is 21.6. The van der Waals surface area contributed by atoms with Gasteiger partial charge in [-0.3, -0.25) is 9.59 Å². The normalized spacial score (nSPS) is 19.0. The summed E-state index contributed by atoms with van der Waals surface area (Å²) in [7, 11) is 0. The molecule has 166 valence electrons. The molecule has 3 N–H and O–H groups in total. The molecule has 0 radical (unpaired) electrons. The second-order valence-corrected chi connectivity index (χ2v) is 8.24. The minimum absolute atomic E-state index is 0.00296. The fourth-order valence-electron chi connectivity index (χ4n) is 4.17. The van der Waals surface area contributed by atoms with Crippen molar-refractivity contribution in [2.45, 2.75) is 19.3 Å². The number of carboxylic acid groups (broad SMARTS) is 1. The number of benzene rings is 2. The predicted octanol–water partition coefficient (Wildman–Crippen LogP) is 3.31. The zero-order chi connectivity index (χ0) is 22.7. The second-order valence-electron chi connectivity index (χ2n) is 8.24. The summed E-state index contributed by atoms with van der Waals surface area (Å²) >= 11 is 0. The molecule has 4 rings (SSSR count). The molecule has 0 bridgehead atoms. The molecule has 2 atom stereocenters. The third kappa shape index (κ3) is 4.66. The van der Waals surface area contributed by atoms with E-state index in [9.17, 15) is 14.4 Å². The van der Waals surface area contributed by atoms with Crippen LogP contribution in [0.3, 0.4) is 0 Å². The molecule has 2 aromatic carbocycles. The van der Waals surface area contributed by atoms with Crippen LogP contribution in [-0.2, 0) is 14.3 Å². The standard InChI is InChI=1S/C25H26N2O5/c1-15(23(28)27-13-16-12-21(16)24(29)30)10-11-26-25(31)32-14-22-19-8-4-2-6-17(19)18-7-3-5-9-20(18)22/h2-10,16,21-22H,11-14H2,1H3,(H,26,31)(H,27,28)(H,29,30)/b15-10+/t16-,21-/m0/s1. The van der Waals surface area contributed by atoms with Crippen molar-refractivity contribution in [3.63, 3.8) is 0 Å². The molecule has 32 heavy (non-hydrogen) atoms. The highest BCUT2D eigenvalue weighted by molar-refractivity contribution is 5.93. The zero-order valence-corrected chi connectivity index (χ0v) is 17.8. The van der Waals surface area contributed by atoms with Crippen LogP contribution in [0.25, 0.3) is 11.1 Å². The summed E-state index contributed by atoms with van der Waals surface area (Å²) < 4.78 is 5.47. The first-order valence-corrected chi connectivity index (χ1v) is 10.7. The third-order valence-electron chi connectivity index (χ3n) is 6.12. The van der Waals surface area contributed by atoms with Gasteiger partial charge in [0.2, 0.25) is 5.91 Å². The van der Waals surface area contributed by atoms with E-state index in [1.165, 1.54) is 11.1 Å². The molecular formula is C25H26N2O5. The number of hydrogen-bond acceptors (Lipinski definition) is 4. The Hall–Kier alpha value is -3.61. The highest BCUT2D eigenvalue weighted by Crippen LogP contribution is 2.44. The van der Waals surface area contributed by atoms with Crippen molar-refractivity contribution < 1.29 is 24.2 Å². The Morgan fingerprint density at radius 1 is 1.03 bits per heavy atom. The van der Waals surface area contributed by atoms with Gasteiger partial charge in [0, 0.05) is 24.6 Å². The fourth-order valence-corrected chi connectivity index (χ4v) is 4.17. The molecule has 0 spiro atoms. The van der Waals surface area contributed by atoms with Crippen LogP contribution >= 0.6 is 0 Å². The van der Waals surface area contributed by atoms with Crippen LogP contribution < -0.4 is 10.6 Å². The molecule has 2 aliphatic carbocycles. The van der Waals surface area contributed by atoms with Crippen LogP contribution in [0.4, 0.5) is 4.79 Å². The van der Waals surface area contributed by atoms with Crippen LogP contribution in [0, 0.1) is 11.8 Å². The van der Waals surface area contributed by atoms with E-state index in [-0.39, 0.29) is 36.8 Å². The van der Waals surface area contributed by atoms with Gasteiger partial charge in [-0.1, -0.05) is 54.6 Å². The van der Waals surface area contributed by atoms with Crippen molar-refractivity contribution in [2.75, 3.05) is 19.7 Å². The van der Waals surface area contributed by atoms with Crippen LogP contribution in [-0.4, -0.2) is 42.8 Å². The Labute approximate surface area is 186 Å². The van der Waals surface area contributed by atoms with Gasteiger partial charge in [-0.25, -0.2) is 4.79 Å². The number of rotatable bonds is 8. The number of carbonyl (C=O) groups excluding carboxylic acids is 2. The van der Waals surface area contributed by atoms with E-state index in [1.807, 2.05) is 24.3 Å². The van der Waals surface area contributed by atoms with Crippen molar-refractivity contribution in [1.82, 2.24) is 10.6 Å². The fraction of sp³-hybridized carbons (Fsp3) is 0.320. The summed E-state index contributed by atoms with van der Waals surface area (Å²) in [5.74, 6) is -1.44. The number of hydrogen-bond donors (Lipinski definition) is 3. The number of fused-ring (bicyclic) bond motifs is 3. The number of aliphatic carboxylic acids is 1. The minimum atomic E-state index is -0.816. The van der Waals surface area contributed by atoms with E-state index in [0.717, 1.165) is 11.1 Å². The van der Waals surface area contributed by atoms with Crippen LogP contribution in [0.1, 0.15) is 30.4 Å². The Morgan fingerprint density at radius 2 is 1.66 bits per heavy atom. The quantitative estimate of drug-likeness (QED) is 0.553. The molecule has 0 aliphatic heterocycles. The van der Waals surface area contributed by atoms with Gasteiger partial charge in [-0.15, -0.1) is 0 Å². The van der Waals surface area contributed by atoms with Gasteiger partial charge in [0.25, 0.3) is 0 Å². The van der Waals surface area contributed by atoms with Crippen LogP contribution in [0.15, 0.2) is 60.2 Å². The molecule has 0 unspecified atom stereocenters. The Kier molecular flexibility index (Phi) is 6.25. The first-order valence-electron chi connectivity index (χ1n) is 10.7. The maximum absolute atomic E-state index is 12.2. The molecule has 2 aliphatic rings. The predicted molar refractivity (Wildman–Crippen MR) is 119 cm³/mol. The number of carbonyl (C=O) groups is 3. The van der Waals surface area contributed by atoms with Crippen molar-refractivity contribution >= 4 is 18.0 Å². The van der Waals surface area contributed by atoms with Gasteiger partial charge in [-0.05, 0) is 41.5 Å². The van der Waals surface area contributed by atoms with E-state index in [4.69, 9.17) is 9.84 Å². The summed E-state index contributed by atoms with van der Waals surface area (Å²) in [6.07, 6.45) is 1.67. The lowest BCUT2D eigenvalue weighted by Gasteiger charge is -2.14. The average Bonchev–Trinajstić information content (AvgIpc) is 3.51. The summed E-state index contributed by atoms with van der Waals surface area (Å²) in [5.41, 5.74) is 5.09. The smallest absolute Gasteiger partial charge is 0.407 e. The van der Waals surface area contributed by atoms with Gasteiger partial charge >= 0.3 is 12.1 Å². The number of ether oxygens (including phenoxy) is 1. The summed E-state index contributed by atoms with van der Waals surface area (Å²) in [6.45, 7) is 2.39. The lowest BCUT2D eigenvalue weighted by molar-refractivity contribution is -0.139. The number of amides is 2. The Balaban J connectivity index is 1.23. The molecule has 7 nitrogen and oxygen atoms in total. The molecule has 7 heteroatoms. The summed E-state index contributed by atoms with van der Waals surface area (Å²) in [5, 5.41) is 14.3. The van der Waals surface area contributed by atoms with Crippen molar-refractivity contribution in [3.8, 4) is 11.1 Å². The maximum Gasteiger partial charge on any atom is 0.407 e. The highest BCUT2D eigenvalue weighted by Gasteiger charge is 2.43. The van der Waals surface area contributed by atoms with E-state index >= 15 is 0 Å². The zero-order valence-electron chi connectivity index (χ0n) is 17.8. The molecule has 0 aromatic heterocycles. The lowest BCUT2D eigenvalue weighted by atomic mass is 9.98. The highest BCUT2D eigenvalue weighted by atomic mass is 16.5. The second kappa shape index (κ2) is 9.26. The van der Waals surface area contributed by atoms with Crippen molar-refractivity contribution in [1.29, 1.82) is 0 Å². The van der Waals surface area contributed by atoms with Gasteiger partial charge in [0.05, 0.1) is 5.92 Å². The van der Waals surface area contributed by atoms with E-state index in [2.05, 4.69) is 34.9 Å². The Morgan fingerprint density at radius 3 is 2.25 bits per heavy atom. The van der Waals surface area contributed by atoms with Gasteiger partial charge in [0.1, 0.15) is 6.61 Å².